The van der Waals surface area contributed by atoms with E-state index in [1.807, 2.05) is 0 Å². The standard InChI is InChI=1S/C15H26N4/c1-12-11-19(15(16-12)17-14-3-4-14)10-7-13-5-8-18(2)9-6-13/h11,13-14H,3-10H2,1-2H3,(H,16,17). The highest BCUT2D eigenvalue weighted by molar-refractivity contribution is 5.32. The Kier molecular flexibility index (Phi) is 3.78. The number of likely N-dealkylation sites (tertiary alicyclic amines) is 1. The van der Waals surface area contributed by atoms with Crippen LogP contribution in [0.3, 0.4) is 0 Å². The summed E-state index contributed by atoms with van der Waals surface area (Å²) in [5.41, 5.74) is 1.13. The van der Waals surface area contributed by atoms with E-state index in [1.54, 1.807) is 0 Å². The highest BCUT2D eigenvalue weighted by Crippen LogP contribution is 2.25. The molecule has 1 saturated carbocycles. The molecule has 0 atom stereocenters. The molecule has 2 fully saturated rings. The third kappa shape index (κ3) is 3.50. The Morgan fingerprint density at radius 2 is 2.00 bits per heavy atom. The molecule has 1 aliphatic heterocycles. The van der Waals surface area contributed by atoms with Crippen molar-refractivity contribution >= 4 is 5.95 Å². The van der Waals surface area contributed by atoms with Gasteiger partial charge in [0.1, 0.15) is 0 Å². The van der Waals surface area contributed by atoms with E-state index in [0.29, 0.717) is 6.04 Å². The number of nitrogens with one attached hydrogen (secondary N) is 1. The van der Waals surface area contributed by atoms with Crippen LogP contribution in [0.15, 0.2) is 6.20 Å². The van der Waals surface area contributed by atoms with Gasteiger partial charge in [0.2, 0.25) is 5.95 Å². The summed E-state index contributed by atoms with van der Waals surface area (Å²) in [7, 11) is 2.23. The average Bonchev–Trinajstić information content (AvgIpc) is 3.13. The molecule has 0 spiro atoms. The molecule has 3 rings (SSSR count). The molecule has 0 radical (unpaired) electrons. The summed E-state index contributed by atoms with van der Waals surface area (Å²) < 4.78 is 2.33. The normalized spacial score (nSPS) is 21.8. The molecule has 1 aromatic rings. The van der Waals surface area contributed by atoms with Crippen LogP contribution >= 0.6 is 0 Å². The van der Waals surface area contributed by atoms with Crippen molar-refractivity contribution in [3.63, 3.8) is 0 Å². The number of hydrogen-bond donors (Lipinski definition) is 1. The number of rotatable bonds is 5. The molecule has 106 valence electrons. The molecule has 2 aliphatic rings. The SMILES string of the molecule is Cc1cn(CCC2CCN(C)CC2)c(NC2CC2)n1. The second kappa shape index (κ2) is 5.53. The van der Waals surface area contributed by atoms with E-state index in [1.165, 1.54) is 45.2 Å². The maximum Gasteiger partial charge on any atom is 0.203 e. The van der Waals surface area contributed by atoms with Crippen LogP contribution in [0.5, 0.6) is 0 Å². The maximum atomic E-state index is 4.61. The van der Waals surface area contributed by atoms with Crippen molar-refractivity contribution in [1.29, 1.82) is 0 Å². The lowest BCUT2D eigenvalue weighted by molar-refractivity contribution is 0.208. The maximum absolute atomic E-state index is 4.61. The first-order valence-electron chi connectivity index (χ1n) is 7.69. The number of aromatic nitrogens is 2. The molecule has 2 heterocycles. The second-order valence-electron chi connectivity index (χ2n) is 6.35. The summed E-state index contributed by atoms with van der Waals surface area (Å²) in [6.45, 7) is 5.73. The topological polar surface area (TPSA) is 33.1 Å². The number of anilines is 1. The third-order valence-electron chi connectivity index (χ3n) is 4.42. The van der Waals surface area contributed by atoms with Crippen LogP contribution in [0.1, 0.15) is 37.8 Å². The molecule has 0 bridgehead atoms. The van der Waals surface area contributed by atoms with Crippen LogP contribution in [-0.4, -0.2) is 40.6 Å². The molecule has 1 aromatic heterocycles. The lowest BCUT2D eigenvalue weighted by atomic mass is 9.94. The summed E-state index contributed by atoms with van der Waals surface area (Å²) >= 11 is 0. The molecule has 0 aromatic carbocycles. The van der Waals surface area contributed by atoms with E-state index >= 15 is 0 Å². The Labute approximate surface area is 116 Å². The van der Waals surface area contributed by atoms with E-state index < -0.39 is 0 Å². The average molecular weight is 262 g/mol. The fourth-order valence-electron chi connectivity index (χ4n) is 2.92. The fraction of sp³-hybridized carbons (Fsp3) is 0.800. The molecule has 0 unspecified atom stereocenters. The minimum absolute atomic E-state index is 0.684. The molecule has 1 saturated heterocycles. The summed E-state index contributed by atoms with van der Waals surface area (Å²) in [6.07, 6.45) is 8.81. The van der Waals surface area contributed by atoms with E-state index in [-0.39, 0.29) is 0 Å². The Morgan fingerprint density at radius 3 is 2.68 bits per heavy atom. The minimum atomic E-state index is 0.684. The molecule has 1 N–H and O–H groups in total. The largest absolute Gasteiger partial charge is 0.353 e. The van der Waals surface area contributed by atoms with Gasteiger partial charge < -0.3 is 14.8 Å². The summed E-state index contributed by atoms with van der Waals surface area (Å²) in [5, 5.41) is 3.54. The zero-order valence-corrected chi connectivity index (χ0v) is 12.2. The first kappa shape index (κ1) is 13.0. The van der Waals surface area contributed by atoms with Crippen LogP contribution in [0.2, 0.25) is 0 Å². The Hall–Kier alpha value is -1.03. The van der Waals surface area contributed by atoms with E-state index in [0.717, 1.165) is 24.1 Å². The fourth-order valence-corrected chi connectivity index (χ4v) is 2.92. The lowest BCUT2D eigenvalue weighted by Crippen LogP contribution is -2.30. The van der Waals surface area contributed by atoms with Crippen LogP contribution in [0.4, 0.5) is 5.95 Å². The molecular formula is C15H26N4. The van der Waals surface area contributed by atoms with Crippen molar-refractivity contribution in [2.45, 2.75) is 51.6 Å². The van der Waals surface area contributed by atoms with Crippen molar-refractivity contribution in [3.8, 4) is 0 Å². The number of nitrogens with zero attached hydrogens (tertiary/aromatic N) is 3. The van der Waals surface area contributed by atoms with Gasteiger partial charge in [-0.15, -0.1) is 0 Å². The number of hydrogen-bond acceptors (Lipinski definition) is 3. The molecule has 19 heavy (non-hydrogen) atoms. The van der Waals surface area contributed by atoms with Crippen molar-refractivity contribution in [3.05, 3.63) is 11.9 Å². The minimum Gasteiger partial charge on any atom is -0.353 e. The van der Waals surface area contributed by atoms with Gasteiger partial charge in [-0.25, -0.2) is 4.98 Å². The van der Waals surface area contributed by atoms with E-state index in [2.05, 4.69) is 39.9 Å². The van der Waals surface area contributed by atoms with Gasteiger partial charge in [0.15, 0.2) is 0 Å². The molecule has 1 aliphatic carbocycles. The van der Waals surface area contributed by atoms with Gasteiger partial charge in [-0.3, -0.25) is 0 Å². The van der Waals surface area contributed by atoms with Crippen molar-refractivity contribution < 1.29 is 0 Å². The van der Waals surface area contributed by atoms with Crippen LogP contribution in [0.25, 0.3) is 0 Å². The molecule has 0 amide bonds. The molecule has 4 heteroatoms. The summed E-state index contributed by atoms with van der Waals surface area (Å²) in [6, 6.07) is 0.684. The van der Waals surface area contributed by atoms with Gasteiger partial charge in [-0.05, 0) is 65.1 Å². The van der Waals surface area contributed by atoms with Gasteiger partial charge in [-0.2, -0.15) is 0 Å². The number of piperidine rings is 1. The first-order valence-corrected chi connectivity index (χ1v) is 7.69. The van der Waals surface area contributed by atoms with Crippen molar-refractivity contribution in [2.24, 2.45) is 5.92 Å². The zero-order chi connectivity index (χ0) is 13.2. The lowest BCUT2D eigenvalue weighted by Gasteiger charge is -2.29. The Morgan fingerprint density at radius 1 is 1.26 bits per heavy atom. The summed E-state index contributed by atoms with van der Waals surface area (Å²) in [4.78, 5) is 7.05. The summed E-state index contributed by atoms with van der Waals surface area (Å²) in [5.74, 6) is 1.99. The highest BCUT2D eigenvalue weighted by Gasteiger charge is 2.23. The quantitative estimate of drug-likeness (QED) is 0.885. The van der Waals surface area contributed by atoms with Crippen LogP contribution < -0.4 is 5.32 Å². The van der Waals surface area contributed by atoms with Crippen LogP contribution in [-0.2, 0) is 6.54 Å². The Bertz CT molecular complexity index is 414. The van der Waals surface area contributed by atoms with Gasteiger partial charge >= 0.3 is 0 Å². The van der Waals surface area contributed by atoms with Gasteiger partial charge in [0.05, 0.1) is 5.69 Å². The monoisotopic (exact) mass is 262 g/mol. The molecule has 4 nitrogen and oxygen atoms in total. The number of aryl methyl sites for hydroxylation is 2. The second-order valence-corrected chi connectivity index (χ2v) is 6.35. The third-order valence-corrected chi connectivity index (χ3v) is 4.42. The predicted octanol–water partition coefficient (Wildman–Crippen LogP) is 2.50. The van der Waals surface area contributed by atoms with Gasteiger partial charge in [0.25, 0.3) is 0 Å². The van der Waals surface area contributed by atoms with E-state index in [4.69, 9.17) is 0 Å². The van der Waals surface area contributed by atoms with Crippen molar-refractivity contribution in [2.75, 3.05) is 25.5 Å². The van der Waals surface area contributed by atoms with Gasteiger partial charge in [0, 0.05) is 18.8 Å². The zero-order valence-electron chi connectivity index (χ0n) is 12.2. The van der Waals surface area contributed by atoms with Crippen LogP contribution in [0, 0.1) is 12.8 Å². The first-order chi connectivity index (χ1) is 9.20. The Balaban J connectivity index is 1.53. The number of imidazole rings is 1. The van der Waals surface area contributed by atoms with Crippen molar-refractivity contribution in [1.82, 2.24) is 14.5 Å². The smallest absolute Gasteiger partial charge is 0.203 e. The van der Waals surface area contributed by atoms with Gasteiger partial charge in [-0.1, -0.05) is 0 Å². The highest BCUT2D eigenvalue weighted by atomic mass is 15.2. The predicted molar refractivity (Wildman–Crippen MR) is 78.4 cm³/mol. The van der Waals surface area contributed by atoms with E-state index in [9.17, 15) is 0 Å². The molecular weight excluding hydrogens is 236 g/mol.